The second-order valence-corrected chi connectivity index (χ2v) is 15.0. The molecule has 0 aromatic heterocycles. The number of carbonyl (C=O) groups excluding carboxylic acids is 2. The van der Waals surface area contributed by atoms with Gasteiger partial charge in [-0.15, -0.1) is 0 Å². The van der Waals surface area contributed by atoms with E-state index in [1.807, 2.05) is 0 Å². The van der Waals surface area contributed by atoms with E-state index in [-0.39, 0.29) is 18.7 Å². The van der Waals surface area contributed by atoms with Gasteiger partial charge in [-0.1, -0.05) is 161 Å². The first-order valence-electron chi connectivity index (χ1n) is 22.0. The quantitative estimate of drug-likeness (QED) is 0.0130. The van der Waals surface area contributed by atoms with Crippen molar-refractivity contribution in [2.24, 2.45) is 11.5 Å². The fourth-order valence-electron chi connectivity index (χ4n) is 6.21. The molecule has 12 nitrogen and oxygen atoms in total. The summed E-state index contributed by atoms with van der Waals surface area (Å²) < 4.78 is 0. The van der Waals surface area contributed by atoms with Crippen LogP contribution in [0.25, 0.3) is 0 Å². The van der Waals surface area contributed by atoms with Crippen molar-refractivity contribution in [2.45, 2.75) is 219 Å². The minimum atomic E-state index is -1.23. The molecule has 0 aromatic carbocycles. The minimum absolute atomic E-state index is 0.00268. The molecule has 55 heavy (non-hydrogen) atoms. The third-order valence-electron chi connectivity index (χ3n) is 9.66. The van der Waals surface area contributed by atoms with Gasteiger partial charge in [0.05, 0.1) is 6.04 Å². The monoisotopic (exact) mass is 781 g/mol. The van der Waals surface area contributed by atoms with E-state index in [4.69, 9.17) is 27.1 Å². The molecule has 2 amide bonds. The molecule has 0 aliphatic heterocycles. The second kappa shape index (κ2) is 42.0. The Hall–Kier alpha value is -3.15. The molecule has 10 N–H and O–H groups in total. The van der Waals surface area contributed by atoms with Crippen molar-refractivity contribution < 1.29 is 29.4 Å². The van der Waals surface area contributed by atoms with E-state index < -0.39 is 42.4 Å². The van der Waals surface area contributed by atoms with E-state index in [2.05, 4.69) is 41.9 Å². The standard InChI is InChI=1S/C34H67NO.C9H17N5O5/c1-3-5-7-9-11-12-13-14-15-16-17-18-19-20-21-22-23-24-25-26-27-28-30-32-34(36)35-33-31-29-10-8-6-4-2;10-4(7(17)13-3-6(15)16)1-2-5(8(18)19)14-9(11)12/h22-23H,3-21,24-33H2,1-2H3,(H,35,36);4-5H,1-3,10H2,(H,13,17)(H,15,16)(H,18,19)(H4,11,12,14)/b23-22-;. The van der Waals surface area contributed by atoms with Crippen molar-refractivity contribution in [2.75, 3.05) is 13.1 Å². The lowest BCUT2D eigenvalue weighted by Gasteiger charge is -2.16. The molecule has 0 rings (SSSR count). The van der Waals surface area contributed by atoms with Gasteiger partial charge in [0.25, 0.3) is 0 Å². The number of nitrogens with one attached hydrogen (secondary N) is 4. The van der Waals surface area contributed by atoms with Crippen molar-refractivity contribution >= 4 is 29.7 Å². The fraction of sp³-hybridized carbons (Fsp3) is 0.837. The zero-order valence-corrected chi connectivity index (χ0v) is 35.1. The summed E-state index contributed by atoms with van der Waals surface area (Å²) in [6, 6.07) is -2.16. The Morgan fingerprint density at radius 1 is 0.600 bits per heavy atom. The first kappa shape index (κ1) is 54.0. The SMILES string of the molecule is CCCCCCCCCCCCCCCC/C=C\CCCCCCCC(=O)NCCCCCCCC.N=C(N)NC(CCC(N)C(=O)NCC(=O)O)C(=O)O. The Bertz CT molecular complexity index is 979. The van der Waals surface area contributed by atoms with Gasteiger partial charge in [-0.25, -0.2) is 4.79 Å². The predicted molar refractivity (Wildman–Crippen MR) is 227 cm³/mol. The second-order valence-electron chi connectivity index (χ2n) is 15.0. The minimum Gasteiger partial charge on any atom is -0.480 e. The number of hydrogen-bond donors (Lipinski definition) is 8. The number of aliphatic carboxylic acids is 2. The fourth-order valence-corrected chi connectivity index (χ4v) is 6.21. The molecule has 0 heterocycles. The topological polar surface area (TPSA) is 221 Å². The van der Waals surface area contributed by atoms with Crippen molar-refractivity contribution in [3.05, 3.63) is 12.2 Å². The summed E-state index contributed by atoms with van der Waals surface area (Å²) >= 11 is 0. The molecule has 0 aliphatic rings. The number of guanidine groups is 1. The van der Waals surface area contributed by atoms with E-state index in [1.54, 1.807) is 0 Å². The first-order valence-corrected chi connectivity index (χ1v) is 22.0. The molecule has 12 heteroatoms. The van der Waals surface area contributed by atoms with Gasteiger partial charge < -0.3 is 37.6 Å². The zero-order chi connectivity index (χ0) is 41.2. The highest BCUT2D eigenvalue weighted by Crippen LogP contribution is 2.14. The molecule has 0 aliphatic carbocycles. The van der Waals surface area contributed by atoms with Gasteiger partial charge in [-0.2, -0.15) is 0 Å². The summed E-state index contributed by atoms with van der Waals surface area (Å²) in [5.41, 5.74) is 10.5. The molecule has 0 aromatic rings. The van der Waals surface area contributed by atoms with Crippen LogP contribution in [0.2, 0.25) is 0 Å². The molecular formula is C43H84N6O6. The van der Waals surface area contributed by atoms with Crippen LogP contribution in [0.5, 0.6) is 0 Å². The Balaban J connectivity index is 0. The van der Waals surface area contributed by atoms with Gasteiger partial charge in [-0.3, -0.25) is 19.8 Å². The summed E-state index contributed by atoms with van der Waals surface area (Å²) in [5, 5.41) is 31.5. The highest BCUT2D eigenvalue weighted by atomic mass is 16.4. The lowest BCUT2D eigenvalue weighted by atomic mass is 10.0. The van der Waals surface area contributed by atoms with Crippen molar-refractivity contribution in [3.63, 3.8) is 0 Å². The molecule has 322 valence electrons. The maximum Gasteiger partial charge on any atom is 0.326 e. The van der Waals surface area contributed by atoms with Gasteiger partial charge in [-0.05, 0) is 51.4 Å². The van der Waals surface area contributed by atoms with E-state index in [9.17, 15) is 19.2 Å². The number of rotatable bonds is 38. The Labute approximate surface area is 335 Å². The van der Waals surface area contributed by atoms with Crippen LogP contribution in [-0.4, -0.2) is 65.1 Å². The van der Waals surface area contributed by atoms with Gasteiger partial charge in [0.2, 0.25) is 11.8 Å². The van der Waals surface area contributed by atoms with Gasteiger partial charge >= 0.3 is 11.9 Å². The van der Waals surface area contributed by atoms with Crippen LogP contribution in [0.3, 0.4) is 0 Å². The highest BCUT2D eigenvalue weighted by molar-refractivity contribution is 5.85. The number of carboxylic acids is 2. The van der Waals surface area contributed by atoms with E-state index in [0.717, 1.165) is 25.8 Å². The third kappa shape index (κ3) is 43.4. The highest BCUT2D eigenvalue weighted by Gasteiger charge is 2.21. The van der Waals surface area contributed by atoms with Crippen LogP contribution in [0.4, 0.5) is 0 Å². The van der Waals surface area contributed by atoms with Crippen LogP contribution < -0.4 is 27.4 Å². The number of nitrogens with two attached hydrogens (primary N) is 2. The van der Waals surface area contributed by atoms with E-state index in [1.165, 1.54) is 161 Å². The van der Waals surface area contributed by atoms with Crippen LogP contribution in [-0.2, 0) is 19.2 Å². The summed E-state index contributed by atoms with van der Waals surface area (Å²) in [6.45, 7) is 4.86. The van der Waals surface area contributed by atoms with Gasteiger partial charge in [0, 0.05) is 13.0 Å². The molecule has 2 atom stereocenters. The summed E-state index contributed by atoms with van der Waals surface area (Å²) in [4.78, 5) is 44.2. The van der Waals surface area contributed by atoms with Crippen LogP contribution in [0.15, 0.2) is 12.2 Å². The number of allylic oxidation sites excluding steroid dienone is 2. The van der Waals surface area contributed by atoms with Crippen LogP contribution in [0, 0.1) is 5.41 Å². The molecule has 0 fully saturated rings. The Kier molecular flexibility index (Phi) is 41.2. The third-order valence-corrected chi connectivity index (χ3v) is 9.66. The molecule has 0 radical (unpaired) electrons. The predicted octanol–water partition coefficient (Wildman–Crippen LogP) is 8.85. The van der Waals surface area contributed by atoms with Crippen LogP contribution >= 0.6 is 0 Å². The molecule has 0 saturated carbocycles. The van der Waals surface area contributed by atoms with Crippen LogP contribution in [0.1, 0.15) is 206 Å². The lowest BCUT2D eigenvalue weighted by Crippen LogP contribution is -2.47. The molecule has 2 unspecified atom stereocenters. The average Bonchev–Trinajstić information content (AvgIpc) is 3.15. The van der Waals surface area contributed by atoms with Crippen molar-refractivity contribution in [3.8, 4) is 0 Å². The Morgan fingerprint density at radius 2 is 1.02 bits per heavy atom. The van der Waals surface area contributed by atoms with E-state index in [0.29, 0.717) is 0 Å². The maximum atomic E-state index is 11.9. The lowest BCUT2D eigenvalue weighted by molar-refractivity contribution is -0.139. The molecule has 0 bridgehead atoms. The summed E-state index contributed by atoms with van der Waals surface area (Å²) in [6.07, 6.45) is 42.0. The number of carbonyl (C=O) groups is 4. The molecule has 0 saturated heterocycles. The molecular weight excluding hydrogens is 697 g/mol. The average molecular weight is 781 g/mol. The summed E-state index contributed by atoms with van der Waals surface area (Å²) in [5.74, 6) is -3.36. The van der Waals surface area contributed by atoms with Gasteiger partial charge in [0.15, 0.2) is 5.96 Å². The van der Waals surface area contributed by atoms with Gasteiger partial charge in [0.1, 0.15) is 12.6 Å². The first-order chi connectivity index (χ1) is 26.5. The van der Waals surface area contributed by atoms with Crippen molar-refractivity contribution in [1.82, 2.24) is 16.0 Å². The summed E-state index contributed by atoms with van der Waals surface area (Å²) in [7, 11) is 0. The maximum absolute atomic E-state index is 11.9. The smallest absolute Gasteiger partial charge is 0.326 e. The number of hydrogen-bond acceptors (Lipinski definition) is 6. The number of carboxylic acid groups (broad SMARTS) is 2. The molecule has 0 spiro atoms. The van der Waals surface area contributed by atoms with E-state index >= 15 is 0 Å². The normalized spacial score (nSPS) is 12.1. The number of amides is 2. The largest absolute Gasteiger partial charge is 0.480 e. The number of unbranched alkanes of at least 4 members (excludes halogenated alkanes) is 24. The Morgan fingerprint density at radius 3 is 1.44 bits per heavy atom. The zero-order valence-electron chi connectivity index (χ0n) is 35.1. The van der Waals surface area contributed by atoms with Crippen molar-refractivity contribution in [1.29, 1.82) is 5.41 Å².